The largest absolute Gasteiger partial charge is 0.613 e. The second-order valence-corrected chi connectivity index (χ2v) is 2.41. The minimum Gasteiger partial charge on any atom is -0.613 e. The smallest absolute Gasteiger partial charge is 0.382 e. The van der Waals surface area contributed by atoms with Crippen LogP contribution in [0.25, 0.3) is 0 Å². The lowest BCUT2D eigenvalue weighted by atomic mass is 10.3. The van der Waals surface area contributed by atoms with E-state index in [1.165, 1.54) is 14.2 Å². The van der Waals surface area contributed by atoms with E-state index in [9.17, 15) is 5.21 Å². The summed E-state index contributed by atoms with van der Waals surface area (Å²) in [6.07, 6.45) is 0. The first kappa shape index (κ1) is 8.64. The molecule has 4 nitrogen and oxygen atoms in total. The van der Waals surface area contributed by atoms with Crippen LogP contribution in [0.2, 0.25) is 0 Å². The van der Waals surface area contributed by atoms with Crippen LogP contribution in [0.15, 0.2) is 12.1 Å². The Morgan fingerprint density at radius 2 is 1.58 bits per heavy atom. The van der Waals surface area contributed by atoms with Crippen LogP contribution in [-0.4, -0.2) is 14.2 Å². The van der Waals surface area contributed by atoms with Gasteiger partial charge in [-0.2, -0.15) is 0 Å². The molecule has 0 aromatic carbocycles. The average molecular weight is 169 g/mol. The Kier molecular flexibility index (Phi) is 2.38. The van der Waals surface area contributed by atoms with Crippen LogP contribution < -0.4 is 14.2 Å². The molecular weight excluding hydrogens is 158 g/mol. The first-order valence-electron chi connectivity index (χ1n) is 3.51. The Labute approximate surface area is 70.9 Å². The highest BCUT2D eigenvalue weighted by Crippen LogP contribution is 2.13. The van der Waals surface area contributed by atoms with Gasteiger partial charge in [0.2, 0.25) is 0 Å². The van der Waals surface area contributed by atoms with Crippen LogP contribution in [0.5, 0.6) is 11.8 Å². The summed E-state index contributed by atoms with van der Waals surface area (Å²) >= 11 is 0. The van der Waals surface area contributed by atoms with Gasteiger partial charge in [0.1, 0.15) is 0 Å². The van der Waals surface area contributed by atoms with Crippen molar-refractivity contribution in [2.45, 2.75) is 6.92 Å². The van der Waals surface area contributed by atoms with E-state index in [-0.39, 0.29) is 11.8 Å². The number of rotatable bonds is 2. The molecule has 0 aliphatic heterocycles. The molecule has 1 rings (SSSR count). The van der Waals surface area contributed by atoms with Crippen LogP contribution in [-0.2, 0) is 0 Å². The number of ether oxygens (including phenoxy) is 2. The predicted octanol–water partition coefficient (Wildman–Crippen LogP) is 0.646. The van der Waals surface area contributed by atoms with Crippen molar-refractivity contribution in [3.63, 3.8) is 0 Å². The van der Waals surface area contributed by atoms with Gasteiger partial charge >= 0.3 is 11.8 Å². The Morgan fingerprint density at radius 3 is 1.92 bits per heavy atom. The molecule has 0 unspecified atom stereocenters. The van der Waals surface area contributed by atoms with Crippen LogP contribution in [0, 0.1) is 12.1 Å². The number of nitrogens with zero attached hydrogens (tertiary/aromatic N) is 1. The van der Waals surface area contributed by atoms with Gasteiger partial charge in [0, 0.05) is 0 Å². The maximum Gasteiger partial charge on any atom is 0.382 e. The van der Waals surface area contributed by atoms with Crippen LogP contribution >= 0.6 is 0 Å². The first-order valence-corrected chi connectivity index (χ1v) is 3.51. The Hall–Kier alpha value is -1.45. The summed E-state index contributed by atoms with van der Waals surface area (Å²) in [6, 6.07) is 3.30. The van der Waals surface area contributed by atoms with Crippen LogP contribution in [0.4, 0.5) is 0 Å². The molecule has 0 saturated heterocycles. The van der Waals surface area contributed by atoms with Gasteiger partial charge in [-0.15, -0.1) is 0 Å². The highest BCUT2D eigenvalue weighted by Gasteiger charge is 2.12. The van der Waals surface area contributed by atoms with E-state index in [4.69, 9.17) is 9.47 Å². The first-order chi connectivity index (χ1) is 5.69. The number of aryl methyl sites for hydroxylation is 1. The van der Waals surface area contributed by atoms with Crippen molar-refractivity contribution in [3.8, 4) is 11.8 Å². The van der Waals surface area contributed by atoms with Crippen molar-refractivity contribution < 1.29 is 14.2 Å². The van der Waals surface area contributed by atoms with Crippen molar-refractivity contribution in [3.05, 3.63) is 22.9 Å². The molecule has 1 aromatic heterocycles. The molecule has 0 spiro atoms. The van der Waals surface area contributed by atoms with E-state index in [0.717, 1.165) is 5.56 Å². The van der Waals surface area contributed by atoms with Gasteiger partial charge < -0.3 is 14.7 Å². The highest BCUT2D eigenvalue weighted by atomic mass is 16.6. The SMILES string of the molecule is COc1cc(C)cc(OC)[n+]1[O-]. The lowest BCUT2D eigenvalue weighted by Crippen LogP contribution is -2.30. The third-order valence-corrected chi connectivity index (χ3v) is 1.52. The van der Waals surface area contributed by atoms with Gasteiger partial charge in [-0.3, -0.25) is 0 Å². The summed E-state index contributed by atoms with van der Waals surface area (Å²) in [7, 11) is 2.89. The van der Waals surface area contributed by atoms with E-state index >= 15 is 0 Å². The zero-order valence-electron chi connectivity index (χ0n) is 7.33. The van der Waals surface area contributed by atoms with Crippen molar-refractivity contribution in [1.29, 1.82) is 0 Å². The average Bonchev–Trinajstić information content (AvgIpc) is 2.08. The Morgan fingerprint density at radius 1 is 1.17 bits per heavy atom. The van der Waals surface area contributed by atoms with Crippen LogP contribution in [0.3, 0.4) is 0 Å². The number of methoxy groups -OCH3 is 2. The maximum atomic E-state index is 11.2. The number of hydrogen-bond acceptors (Lipinski definition) is 3. The van der Waals surface area contributed by atoms with E-state index < -0.39 is 0 Å². The van der Waals surface area contributed by atoms with Gasteiger partial charge in [0.15, 0.2) is 0 Å². The standard InChI is InChI=1S/C8H11NO3/c1-6-4-7(11-2)9(10)8(5-6)12-3/h4-5H,1-3H3. The molecule has 0 aliphatic carbocycles. The third-order valence-electron chi connectivity index (χ3n) is 1.52. The van der Waals surface area contributed by atoms with Gasteiger partial charge in [-0.1, -0.05) is 4.73 Å². The number of hydrogen-bond donors (Lipinski definition) is 0. The molecule has 0 N–H and O–H groups in total. The molecule has 0 bridgehead atoms. The Balaban J connectivity index is 3.22. The van der Waals surface area contributed by atoms with Gasteiger partial charge in [0.05, 0.1) is 26.4 Å². The van der Waals surface area contributed by atoms with Crippen molar-refractivity contribution in [2.24, 2.45) is 0 Å². The molecule has 0 saturated carbocycles. The lowest BCUT2D eigenvalue weighted by Gasteiger charge is -2.06. The van der Waals surface area contributed by atoms with Gasteiger partial charge in [0.25, 0.3) is 0 Å². The van der Waals surface area contributed by atoms with Gasteiger partial charge in [-0.05, 0) is 12.5 Å². The molecule has 1 heterocycles. The van der Waals surface area contributed by atoms with Crippen molar-refractivity contribution in [1.82, 2.24) is 0 Å². The summed E-state index contributed by atoms with van der Waals surface area (Å²) in [5.74, 6) is 0.485. The Bertz CT molecular complexity index is 261. The summed E-state index contributed by atoms with van der Waals surface area (Å²) in [6.45, 7) is 1.87. The molecule has 12 heavy (non-hydrogen) atoms. The molecule has 0 radical (unpaired) electrons. The second-order valence-electron chi connectivity index (χ2n) is 2.41. The maximum absolute atomic E-state index is 11.2. The van der Waals surface area contributed by atoms with Crippen LogP contribution in [0.1, 0.15) is 5.56 Å². The summed E-state index contributed by atoms with van der Waals surface area (Å²) in [5.41, 5.74) is 0.927. The van der Waals surface area contributed by atoms with Crippen molar-refractivity contribution >= 4 is 0 Å². The summed E-state index contributed by atoms with van der Waals surface area (Å²) < 4.78 is 10.3. The molecule has 1 aromatic rings. The fourth-order valence-electron chi connectivity index (χ4n) is 0.941. The zero-order valence-corrected chi connectivity index (χ0v) is 7.33. The van der Waals surface area contributed by atoms with E-state index in [1.807, 2.05) is 6.92 Å². The monoisotopic (exact) mass is 169 g/mol. The molecular formula is C8H11NO3. The van der Waals surface area contributed by atoms with Crippen molar-refractivity contribution in [2.75, 3.05) is 14.2 Å². The fraction of sp³-hybridized carbons (Fsp3) is 0.375. The predicted molar refractivity (Wildman–Crippen MR) is 43.2 cm³/mol. The lowest BCUT2D eigenvalue weighted by molar-refractivity contribution is -0.618. The topological polar surface area (TPSA) is 45.4 Å². The molecule has 0 amide bonds. The molecule has 0 aliphatic rings. The normalized spacial score (nSPS) is 9.58. The molecule has 0 fully saturated rings. The molecule has 66 valence electrons. The zero-order chi connectivity index (χ0) is 9.14. The van der Waals surface area contributed by atoms with E-state index in [1.54, 1.807) is 12.1 Å². The molecule has 4 heteroatoms. The third kappa shape index (κ3) is 1.42. The minimum atomic E-state index is 0.242. The minimum absolute atomic E-state index is 0.242. The summed E-state index contributed by atoms with van der Waals surface area (Å²) in [4.78, 5) is 0. The second kappa shape index (κ2) is 3.30. The van der Waals surface area contributed by atoms with Gasteiger partial charge in [-0.25, -0.2) is 0 Å². The number of aromatic nitrogens is 1. The molecule has 0 atom stereocenters. The van der Waals surface area contributed by atoms with E-state index in [0.29, 0.717) is 4.73 Å². The number of pyridine rings is 1. The van der Waals surface area contributed by atoms with E-state index in [2.05, 4.69) is 0 Å². The summed E-state index contributed by atoms with van der Waals surface area (Å²) in [5, 5.41) is 11.2. The highest BCUT2D eigenvalue weighted by molar-refractivity contribution is 5.21. The quantitative estimate of drug-likeness (QED) is 0.482. The fourth-order valence-corrected chi connectivity index (χ4v) is 0.941.